The van der Waals surface area contributed by atoms with Crippen LogP contribution in [0.3, 0.4) is 0 Å². The summed E-state index contributed by atoms with van der Waals surface area (Å²) >= 11 is 0. The Bertz CT molecular complexity index is 993. The zero-order valence-electron chi connectivity index (χ0n) is 17.8. The number of rotatable bonds is 6. The molecule has 3 aromatic rings. The molecule has 158 valence electrons. The van der Waals surface area contributed by atoms with Gasteiger partial charge in [-0.25, -0.2) is 15.0 Å². The monoisotopic (exact) mass is 407 g/mol. The fourth-order valence-corrected chi connectivity index (χ4v) is 3.74. The average Bonchev–Trinajstić information content (AvgIpc) is 2.76. The minimum atomic E-state index is -0.0327. The fraction of sp³-hybridized carbons (Fsp3) is 0.455. The molecule has 0 spiro atoms. The maximum atomic E-state index is 9.62. The Kier molecular flexibility index (Phi) is 5.94. The van der Waals surface area contributed by atoms with Crippen LogP contribution < -0.4 is 15.1 Å². The van der Waals surface area contributed by atoms with Crippen LogP contribution in [0.2, 0.25) is 0 Å². The van der Waals surface area contributed by atoms with Gasteiger partial charge in [-0.3, -0.25) is 0 Å². The third kappa shape index (κ3) is 4.28. The number of anilines is 3. The summed E-state index contributed by atoms with van der Waals surface area (Å²) in [6, 6.07) is 9.95. The Morgan fingerprint density at radius 3 is 2.13 bits per heavy atom. The van der Waals surface area contributed by atoms with Crippen molar-refractivity contribution in [1.82, 2.24) is 19.9 Å². The summed E-state index contributed by atoms with van der Waals surface area (Å²) in [5.41, 5.74) is 2.88. The Balaban J connectivity index is 1.56. The van der Waals surface area contributed by atoms with Gasteiger partial charge in [0, 0.05) is 43.0 Å². The van der Waals surface area contributed by atoms with E-state index >= 15 is 0 Å². The van der Waals surface area contributed by atoms with E-state index in [0.717, 1.165) is 66.7 Å². The number of nitrogens with one attached hydrogen (secondary N) is 1. The van der Waals surface area contributed by atoms with Gasteiger partial charge in [-0.15, -0.1) is 0 Å². The minimum absolute atomic E-state index is 0.0327. The molecule has 0 bridgehead atoms. The number of para-hydroxylation sites is 1. The molecule has 30 heavy (non-hydrogen) atoms. The van der Waals surface area contributed by atoms with Crippen molar-refractivity contribution in [1.29, 1.82) is 0 Å². The van der Waals surface area contributed by atoms with Crippen LogP contribution >= 0.6 is 0 Å². The molecule has 0 aliphatic carbocycles. The third-order valence-electron chi connectivity index (χ3n) is 5.46. The summed E-state index contributed by atoms with van der Waals surface area (Å²) in [5.74, 6) is 2.28. The first-order chi connectivity index (χ1) is 14.6. The first-order valence-corrected chi connectivity index (χ1v) is 10.5. The van der Waals surface area contributed by atoms with Gasteiger partial charge in [-0.05, 0) is 38.5 Å². The van der Waals surface area contributed by atoms with Gasteiger partial charge in [-0.2, -0.15) is 4.98 Å². The molecule has 3 heterocycles. The van der Waals surface area contributed by atoms with E-state index in [2.05, 4.69) is 25.1 Å². The molecule has 2 aromatic heterocycles. The molecule has 1 aliphatic rings. The van der Waals surface area contributed by atoms with Crippen molar-refractivity contribution < 1.29 is 5.11 Å². The van der Waals surface area contributed by atoms with Gasteiger partial charge < -0.3 is 20.2 Å². The summed E-state index contributed by atoms with van der Waals surface area (Å²) in [6.45, 7) is 9.34. The van der Waals surface area contributed by atoms with Crippen LogP contribution in [0.5, 0.6) is 0 Å². The molecule has 1 saturated heterocycles. The first-order valence-electron chi connectivity index (χ1n) is 10.5. The zero-order valence-corrected chi connectivity index (χ0v) is 17.8. The molecule has 1 fully saturated rings. The van der Waals surface area contributed by atoms with E-state index in [1.54, 1.807) is 0 Å². The van der Waals surface area contributed by atoms with Gasteiger partial charge in [0.1, 0.15) is 5.82 Å². The number of piperazine rings is 1. The van der Waals surface area contributed by atoms with Gasteiger partial charge in [0.15, 0.2) is 0 Å². The highest BCUT2D eigenvalue weighted by molar-refractivity contribution is 5.90. The summed E-state index contributed by atoms with van der Waals surface area (Å²) in [6.07, 6.45) is 0.818. The third-order valence-corrected chi connectivity index (χ3v) is 5.46. The lowest BCUT2D eigenvalue weighted by molar-refractivity contribution is 0.271. The van der Waals surface area contributed by atoms with Crippen molar-refractivity contribution in [3.05, 3.63) is 41.7 Å². The highest BCUT2D eigenvalue weighted by Gasteiger charge is 2.22. The molecule has 1 aliphatic heterocycles. The molecule has 8 nitrogen and oxygen atoms in total. The van der Waals surface area contributed by atoms with Gasteiger partial charge in [-0.1, -0.05) is 19.1 Å². The molecule has 8 heteroatoms. The largest absolute Gasteiger partial charge is 0.394 e. The lowest BCUT2D eigenvalue weighted by atomic mass is 10.2. The maximum absolute atomic E-state index is 9.62. The molecular formula is C22H29N7O. The number of hydrogen-bond donors (Lipinski definition) is 2. The second-order valence-corrected chi connectivity index (χ2v) is 7.75. The van der Waals surface area contributed by atoms with Gasteiger partial charge in [0.25, 0.3) is 0 Å². The highest BCUT2D eigenvalue weighted by Crippen LogP contribution is 2.25. The Hall–Kier alpha value is -3.00. The van der Waals surface area contributed by atoms with Gasteiger partial charge in [0.05, 0.1) is 18.2 Å². The molecule has 0 radical (unpaired) electrons. The van der Waals surface area contributed by atoms with E-state index < -0.39 is 0 Å². The van der Waals surface area contributed by atoms with E-state index in [4.69, 9.17) is 9.97 Å². The molecule has 1 unspecified atom stereocenters. The summed E-state index contributed by atoms with van der Waals surface area (Å²) in [5, 5.41) is 14.0. The van der Waals surface area contributed by atoms with Crippen LogP contribution in [-0.2, 0) is 0 Å². The Morgan fingerprint density at radius 2 is 1.53 bits per heavy atom. The number of aromatic nitrogens is 4. The number of hydrogen-bond acceptors (Lipinski definition) is 8. The minimum Gasteiger partial charge on any atom is -0.394 e. The number of aliphatic hydroxyl groups excluding tert-OH is 1. The molecule has 2 N–H and O–H groups in total. The Morgan fingerprint density at radius 1 is 0.933 bits per heavy atom. The predicted molar refractivity (Wildman–Crippen MR) is 120 cm³/mol. The number of nitrogens with zero attached hydrogens (tertiary/aromatic N) is 6. The number of aliphatic hydroxyl groups is 1. The van der Waals surface area contributed by atoms with E-state index in [1.165, 1.54) is 0 Å². The summed E-state index contributed by atoms with van der Waals surface area (Å²) in [4.78, 5) is 23.2. The molecule has 0 saturated carbocycles. The zero-order chi connectivity index (χ0) is 21.1. The van der Waals surface area contributed by atoms with Crippen LogP contribution in [0.25, 0.3) is 10.9 Å². The lowest BCUT2D eigenvalue weighted by Crippen LogP contribution is -2.47. The lowest BCUT2D eigenvalue weighted by Gasteiger charge is -2.35. The molecular weight excluding hydrogens is 378 g/mol. The fourth-order valence-electron chi connectivity index (χ4n) is 3.74. The highest BCUT2D eigenvalue weighted by atomic mass is 16.3. The van der Waals surface area contributed by atoms with Crippen molar-refractivity contribution in [2.45, 2.75) is 33.2 Å². The van der Waals surface area contributed by atoms with Crippen molar-refractivity contribution in [2.24, 2.45) is 0 Å². The van der Waals surface area contributed by atoms with Crippen LogP contribution in [-0.4, -0.2) is 63.9 Å². The molecule has 1 atom stereocenters. The smallest absolute Gasteiger partial charge is 0.228 e. The maximum Gasteiger partial charge on any atom is 0.228 e. The van der Waals surface area contributed by atoms with E-state index in [9.17, 15) is 5.11 Å². The van der Waals surface area contributed by atoms with Crippen LogP contribution in [0.4, 0.5) is 17.7 Å². The van der Waals surface area contributed by atoms with Crippen molar-refractivity contribution in [3.8, 4) is 0 Å². The van der Waals surface area contributed by atoms with E-state index in [-0.39, 0.29) is 12.6 Å². The standard InChI is InChI=1S/C22H29N7O/c1-4-17(14-30)25-20-18-7-5-6-8-19(18)26-22(27-20)29-11-9-28(10-12-29)21-23-15(2)13-16(3)24-21/h5-8,13,17,30H,4,9-12,14H2,1-3H3,(H,25,26,27). The van der Waals surface area contributed by atoms with Crippen LogP contribution in [0.15, 0.2) is 30.3 Å². The number of aryl methyl sites for hydroxylation is 2. The van der Waals surface area contributed by atoms with Gasteiger partial charge >= 0.3 is 0 Å². The normalized spacial score (nSPS) is 15.5. The summed E-state index contributed by atoms with van der Waals surface area (Å²) in [7, 11) is 0. The van der Waals surface area contributed by atoms with Crippen LogP contribution in [0.1, 0.15) is 24.7 Å². The topological polar surface area (TPSA) is 90.3 Å². The SMILES string of the molecule is CCC(CO)Nc1nc(N2CCN(c3nc(C)cc(C)n3)CC2)nc2ccccc12. The van der Waals surface area contributed by atoms with E-state index in [1.807, 2.05) is 51.1 Å². The van der Waals surface area contributed by atoms with Crippen molar-refractivity contribution >= 4 is 28.6 Å². The second kappa shape index (κ2) is 8.79. The molecule has 0 amide bonds. The first kappa shape index (κ1) is 20.3. The predicted octanol–water partition coefficient (Wildman–Crippen LogP) is 2.55. The molecule has 1 aromatic carbocycles. The van der Waals surface area contributed by atoms with Gasteiger partial charge in [0.2, 0.25) is 11.9 Å². The number of fused-ring (bicyclic) bond motifs is 1. The molecule has 4 rings (SSSR count). The second-order valence-electron chi connectivity index (χ2n) is 7.75. The number of benzene rings is 1. The Labute approximate surface area is 177 Å². The van der Waals surface area contributed by atoms with E-state index in [0.29, 0.717) is 5.95 Å². The quantitative estimate of drug-likeness (QED) is 0.644. The summed E-state index contributed by atoms with van der Waals surface area (Å²) < 4.78 is 0. The van der Waals surface area contributed by atoms with Crippen molar-refractivity contribution in [3.63, 3.8) is 0 Å². The van der Waals surface area contributed by atoms with Crippen molar-refractivity contribution in [2.75, 3.05) is 47.9 Å². The average molecular weight is 408 g/mol. The van der Waals surface area contributed by atoms with Crippen LogP contribution in [0, 0.1) is 13.8 Å².